The van der Waals surface area contributed by atoms with E-state index < -0.39 is 17.8 Å². The molecule has 1 amide bonds. The number of anilines is 1. The molecule has 144 valence electrons. The summed E-state index contributed by atoms with van der Waals surface area (Å²) >= 11 is 0. The van der Waals surface area contributed by atoms with Crippen molar-refractivity contribution in [1.82, 2.24) is 10.4 Å². The molecule has 0 bridgehead atoms. The monoisotopic (exact) mass is 388 g/mol. The number of halogens is 3. The predicted octanol–water partition coefficient (Wildman–Crippen LogP) is 4.07. The zero-order valence-corrected chi connectivity index (χ0v) is 14.4. The van der Waals surface area contributed by atoms with E-state index in [4.69, 9.17) is 4.42 Å². The van der Waals surface area contributed by atoms with E-state index in [0.29, 0.717) is 5.76 Å². The van der Waals surface area contributed by atoms with Gasteiger partial charge in [-0.1, -0.05) is 30.3 Å². The van der Waals surface area contributed by atoms with Gasteiger partial charge in [-0.2, -0.15) is 18.3 Å². The zero-order valence-electron chi connectivity index (χ0n) is 14.4. The van der Waals surface area contributed by atoms with Crippen LogP contribution in [0.15, 0.2) is 70.4 Å². The van der Waals surface area contributed by atoms with E-state index in [0.717, 1.165) is 17.7 Å². The molecule has 2 heterocycles. The van der Waals surface area contributed by atoms with Gasteiger partial charge in [0.15, 0.2) is 0 Å². The number of benzene rings is 1. The largest absolute Gasteiger partial charge is 0.467 e. The van der Waals surface area contributed by atoms with Crippen molar-refractivity contribution in [3.8, 4) is 0 Å². The Hall–Kier alpha value is -3.62. The molecule has 9 heteroatoms. The molecule has 2 N–H and O–H groups in total. The predicted molar refractivity (Wildman–Crippen MR) is 96.8 cm³/mol. The number of carbonyl (C=O) groups is 1. The number of rotatable bonds is 6. The second-order valence-electron chi connectivity index (χ2n) is 5.63. The standard InChI is InChI=1S/C19H15F3N4O2/c20-19(21,22)16-9-8-15(17(25-16)23-12-14-7-4-10-28-14)18(27)26-24-11-13-5-2-1-3-6-13/h1-11H,12H2,(H,23,25)(H,26,27)/b24-11+. The fraction of sp³-hybridized carbons (Fsp3) is 0.105. The van der Waals surface area contributed by atoms with Crippen LogP contribution in [0, 0.1) is 0 Å². The molecule has 0 aliphatic heterocycles. The van der Waals surface area contributed by atoms with Crippen molar-refractivity contribution in [1.29, 1.82) is 0 Å². The molecule has 3 rings (SSSR count). The minimum Gasteiger partial charge on any atom is -0.467 e. The van der Waals surface area contributed by atoms with Crippen LogP contribution in [0.3, 0.4) is 0 Å². The molecule has 0 saturated heterocycles. The molecule has 2 aromatic heterocycles. The van der Waals surface area contributed by atoms with Crippen LogP contribution in [-0.2, 0) is 12.7 Å². The van der Waals surface area contributed by atoms with Crippen LogP contribution in [0.2, 0.25) is 0 Å². The lowest BCUT2D eigenvalue weighted by Crippen LogP contribution is -2.21. The Morgan fingerprint density at radius 3 is 2.57 bits per heavy atom. The molecule has 0 fully saturated rings. The van der Waals surface area contributed by atoms with Gasteiger partial charge in [-0.05, 0) is 29.8 Å². The Kier molecular flexibility index (Phi) is 5.73. The molecular formula is C19H15F3N4O2. The number of hydrogen-bond acceptors (Lipinski definition) is 5. The first-order valence-electron chi connectivity index (χ1n) is 8.16. The molecule has 28 heavy (non-hydrogen) atoms. The molecule has 6 nitrogen and oxygen atoms in total. The first-order chi connectivity index (χ1) is 13.4. The summed E-state index contributed by atoms with van der Waals surface area (Å²) in [6.07, 6.45) is -1.78. The van der Waals surface area contributed by atoms with Gasteiger partial charge in [0.2, 0.25) is 0 Å². The second-order valence-corrected chi connectivity index (χ2v) is 5.63. The van der Waals surface area contributed by atoms with Crippen LogP contribution >= 0.6 is 0 Å². The van der Waals surface area contributed by atoms with E-state index in [9.17, 15) is 18.0 Å². The van der Waals surface area contributed by atoms with Gasteiger partial charge in [-0.3, -0.25) is 4.79 Å². The molecule has 1 aromatic carbocycles. The van der Waals surface area contributed by atoms with Crippen molar-refractivity contribution in [3.63, 3.8) is 0 Å². The molecule has 0 aliphatic rings. The van der Waals surface area contributed by atoms with Crippen LogP contribution in [-0.4, -0.2) is 17.1 Å². The van der Waals surface area contributed by atoms with Crippen molar-refractivity contribution >= 4 is 17.9 Å². The highest BCUT2D eigenvalue weighted by molar-refractivity contribution is 5.99. The van der Waals surface area contributed by atoms with Gasteiger partial charge in [0, 0.05) is 0 Å². The Morgan fingerprint density at radius 2 is 1.89 bits per heavy atom. The molecule has 3 aromatic rings. The minimum absolute atomic E-state index is 0.0644. The van der Waals surface area contributed by atoms with Crippen LogP contribution in [0.4, 0.5) is 19.0 Å². The first-order valence-corrected chi connectivity index (χ1v) is 8.16. The highest BCUT2D eigenvalue weighted by atomic mass is 19.4. The summed E-state index contributed by atoms with van der Waals surface area (Å²) in [4.78, 5) is 15.9. The summed E-state index contributed by atoms with van der Waals surface area (Å²) in [6.45, 7) is 0.0644. The summed E-state index contributed by atoms with van der Waals surface area (Å²) in [5.41, 5.74) is 1.85. The van der Waals surface area contributed by atoms with E-state index >= 15 is 0 Å². The molecule has 0 spiro atoms. The van der Waals surface area contributed by atoms with E-state index in [1.807, 2.05) is 6.07 Å². The van der Waals surface area contributed by atoms with Crippen LogP contribution in [0.1, 0.15) is 27.4 Å². The Labute approximate surface area is 158 Å². The third-order valence-corrected chi connectivity index (χ3v) is 3.62. The van der Waals surface area contributed by atoms with Crippen molar-refractivity contribution in [3.05, 3.63) is 83.4 Å². The maximum absolute atomic E-state index is 13.0. The fourth-order valence-corrected chi connectivity index (χ4v) is 2.28. The average Bonchev–Trinajstić information content (AvgIpc) is 3.20. The van der Waals surface area contributed by atoms with E-state index in [1.54, 1.807) is 36.4 Å². The van der Waals surface area contributed by atoms with Gasteiger partial charge >= 0.3 is 6.18 Å². The quantitative estimate of drug-likeness (QED) is 0.493. The summed E-state index contributed by atoms with van der Waals surface area (Å²) < 4.78 is 44.0. The van der Waals surface area contributed by atoms with E-state index in [2.05, 4.69) is 20.8 Å². The minimum atomic E-state index is -4.64. The third-order valence-electron chi connectivity index (χ3n) is 3.62. The normalized spacial score (nSPS) is 11.5. The number of amides is 1. The van der Waals surface area contributed by atoms with E-state index in [1.165, 1.54) is 12.5 Å². The average molecular weight is 388 g/mol. The topological polar surface area (TPSA) is 79.5 Å². The number of nitrogens with one attached hydrogen (secondary N) is 2. The Balaban J connectivity index is 1.79. The maximum Gasteiger partial charge on any atom is 0.433 e. The Morgan fingerprint density at radius 1 is 1.11 bits per heavy atom. The van der Waals surface area contributed by atoms with Gasteiger partial charge in [-0.15, -0.1) is 0 Å². The summed E-state index contributed by atoms with van der Waals surface area (Å²) in [5.74, 6) is -0.443. The van der Waals surface area contributed by atoms with Gasteiger partial charge in [0.05, 0.1) is 24.6 Å². The number of alkyl halides is 3. The number of aromatic nitrogens is 1. The molecular weight excluding hydrogens is 373 g/mol. The van der Waals surface area contributed by atoms with Crippen molar-refractivity contribution in [2.75, 3.05) is 5.32 Å². The van der Waals surface area contributed by atoms with Crippen LogP contribution in [0.25, 0.3) is 0 Å². The van der Waals surface area contributed by atoms with Crippen molar-refractivity contribution in [2.45, 2.75) is 12.7 Å². The summed E-state index contributed by atoms with van der Waals surface area (Å²) in [7, 11) is 0. The number of furan rings is 1. The smallest absolute Gasteiger partial charge is 0.433 e. The molecule has 0 atom stereocenters. The lowest BCUT2D eigenvalue weighted by Gasteiger charge is -2.12. The number of nitrogens with zero attached hydrogens (tertiary/aromatic N) is 2. The van der Waals surface area contributed by atoms with Crippen LogP contribution in [0.5, 0.6) is 0 Å². The van der Waals surface area contributed by atoms with Crippen molar-refractivity contribution in [2.24, 2.45) is 5.10 Å². The maximum atomic E-state index is 13.0. The van der Waals surface area contributed by atoms with Crippen molar-refractivity contribution < 1.29 is 22.4 Å². The van der Waals surface area contributed by atoms with Gasteiger partial charge < -0.3 is 9.73 Å². The highest BCUT2D eigenvalue weighted by Crippen LogP contribution is 2.29. The lowest BCUT2D eigenvalue weighted by molar-refractivity contribution is -0.141. The molecule has 0 saturated carbocycles. The SMILES string of the molecule is O=C(N/N=C/c1ccccc1)c1ccc(C(F)(F)F)nc1NCc1ccco1. The summed E-state index contributed by atoms with van der Waals surface area (Å²) in [5, 5.41) is 6.52. The fourth-order valence-electron chi connectivity index (χ4n) is 2.28. The number of hydrazone groups is 1. The zero-order chi connectivity index (χ0) is 20.0. The lowest BCUT2D eigenvalue weighted by atomic mass is 10.2. The van der Waals surface area contributed by atoms with Gasteiger partial charge in [0.25, 0.3) is 5.91 Å². The second kappa shape index (κ2) is 8.38. The van der Waals surface area contributed by atoms with E-state index in [-0.39, 0.29) is 17.9 Å². The van der Waals surface area contributed by atoms with Gasteiger partial charge in [0.1, 0.15) is 17.3 Å². The number of pyridine rings is 1. The number of carbonyl (C=O) groups excluding carboxylic acids is 1. The van der Waals surface area contributed by atoms with Crippen LogP contribution < -0.4 is 10.7 Å². The number of hydrogen-bond donors (Lipinski definition) is 2. The molecule has 0 radical (unpaired) electrons. The molecule has 0 unspecified atom stereocenters. The summed E-state index contributed by atoms with van der Waals surface area (Å²) in [6, 6.07) is 14.1. The Bertz CT molecular complexity index is 955. The third kappa shape index (κ3) is 4.97. The highest BCUT2D eigenvalue weighted by Gasteiger charge is 2.33. The van der Waals surface area contributed by atoms with Gasteiger partial charge in [-0.25, -0.2) is 10.4 Å². The first kappa shape index (κ1) is 19.2. The molecule has 0 aliphatic carbocycles.